The molecule has 0 spiro atoms. The summed E-state index contributed by atoms with van der Waals surface area (Å²) in [6, 6.07) is 14.5. The second kappa shape index (κ2) is 10.1. The Kier molecular flexibility index (Phi) is 6.83. The molecule has 5 rings (SSSR count). The molecule has 0 radical (unpaired) electrons. The maximum absolute atomic E-state index is 13.3. The van der Waals surface area contributed by atoms with Crippen LogP contribution in [0.25, 0.3) is 11.2 Å². The molecule has 4 aromatic rings. The summed E-state index contributed by atoms with van der Waals surface area (Å²) in [5.74, 6) is 0.687. The number of fused-ring (bicyclic) bond motifs is 1. The Balaban J connectivity index is 1.44. The van der Waals surface area contributed by atoms with Crippen molar-refractivity contribution in [1.82, 2.24) is 23.6 Å². The van der Waals surface area contributed by atoms with Gasteiger partial charge in [0.15, 0.2) is 16.3 Å². The summed E-state index contributed by atoms with van der Waals surface area (Å²) in [5, 5.41) is 4.06. The van der Waals surface area contributed by atoms with Gasteiger partial charge in [0.1, 0.15) is 0 Å². The monoisotopic (exact) mass is 531 g/mol. The summed E-state index contributed by atoms with van der Waals surface area (Å²) in [7, 11) is 3.17. The zero-order valence-corrected chi connectivity index (χ0v) is 23.3. The topological polar surface area (TPSA) is 80.3 Å². The molecule has 10 heteroatoms. The van der Waals surface area contributed by atoms with E-state index in [1.54, 1.807) is 7.05 Å². The lowest BCUT2D eigenvalue weighted by Gasteiger charge is -2.36. The minimum atomic E-state index is -0.387. The number of piperazine rings is 1. The Hall–Kier alpha value is -3.92. The standard InChI is InChI=1S/C28H33N7O2S/c1-18-7-6-8-21(15-18)17-35-23-24(31(4)28(37)32(5)25(23)36)30-26(35)33-11-13-34(14-12-33)27(38)29-22-10-9-19(2)20(3)16-22/h6-10,15-16H,11-14,17H2,1-5H3,(H,29,38). The van der Waals surface area contributed by atoms with E-state index in [0.717, 1.165) is 21.4 Å². The third-order valence-electron chi connectivity index (χ3n) is 7.36. The molecule has 1 aliphatic rings. The van der Waals surface area contributed by atoms with Crippen molar-refractivity contribution < 1.29 is 0 Å². The highest BCUT2D eigenvalue weighted by molar-refractivity contribution is 7.80. The summed E-state index contributed by atoms with van der Waals surface area (Å²) in [5.41, 5.74) is 5.76. The number of aromatic nitrogens is 4. The van der Waals surface area contributed by atoms with Crippen molar-refractivity contribution in [3.05, 3.63) is 85.6 Å². The Bertz CT molecular complexity index is 1660. The van der Waals surface area contributed by atoms with E-state index >= 15 is 0 Å². The number of rotatable bonds is 4. The number of anilines is 2. The highest BCUT2D eigenvalue weighted by Gasteiger charge is 2.26. The average molecular weight is 532 g/mol. The highest BCUT2D eigenvalue weighted by Crippen LogP contribution is 2.23. The summed E-state index contributed by atoms with van der Waals surface area (Å²) in [6.45, 7) is 9.49. The summed E-state index contributed by atoms with van der Waals surface area (Å²) in [4.78, 5) is 35.1. The van der Waals surface area contributed by atoms with Crippen LogP contribution in [0.5, 0.6) is 0 Å². The number of nitrogens with one attached hydrogen (secondary N) is 1. The third-order valence-corrected chi connectivity index (χ3v) is 7.72. The molecular formula is C28H33N7O2S. The molecule has 0 amide bonds. The van der Waals surface area contributed by atoms with E-state index in [1.807, 2.05) is 35.8 Å². The molecule has 1 saturated heterocycles. The van der Waals surface area contributed by atoms with Crippen LogP contribution >= 0.6 is 12.2 Å². The van der Waals surface area contributed by atoms with E-state index < -0.39 is 0 Å². The van der Waals surface area contributed by atoms with Crippen molar-refractivity contribution in [1.29, 1.82) is 0 Å². The Morgan fingerprint density at radius 1 is 0.947 bits per heavy atom. The number of imidazole rings is 1. The SMILES string of the molecule is Cc1cccc(Cn2c(N3CCN(C(=S)Nc4ccc(C)c(C)c4)CC3)nc3c2c(=O)n(C)c(=O)n3C)c1. The van der Waals surface area contributed by atoms with Gasteiger partial charge in [0.2, 0.25) is 5.95 Å². The number of benzene rings is 2. The van der Waals surface area contributed by atoms with Gasteiger partial charge in [-0.2, -0.15) is 4.98 Å². The van der Waals surface area contributed by atoms with Crippen LogP contribution < -0.4 is 21.5 Å². The molecule has 198 valence electrons. The molecule has 2 aromatic carbocycles. The summed E-state index contributed by atoms with van der Waals surface area (Å²) in [6.07, 6.45) is 0. The van der Waals surface area contributed by atoms with Crippen molar-refractivity contribution in [2.75, 3.05) is 36.4 Å². The molecule has 1 N–H and O–H groups in total. The van der Waals surface area contributed by atoms with Crippen LogP contribution in [0, 0.1) is 20.8 Å². The molecule has 0 bridgehead atoms. The van der Waals surface area contributed by atoms with Crippen LogP contribution in [-0.2, 0) is 20.6 Å². The molecule has 38 heavy (non-hydrogen) atoms. The van der Waals surface area contributed by atoms with E-state index in [4.69, 9.17) is 17.2 Å². The minimum absolute atomic E-state index is 0.341. The van der Waals surface area contributed by atoms with E-state index in [-0.39, 0.29) is 11.2 Å². The van der Waals surface area contributed by atoms with Gasteiger partial charge in [-0.15, -0.1) is 0 Å². The Morgan fingerprint density at radius 2 is 1.68 bits per heavy atom. The first-order valence-electron chi connectivity index (χ1n) is 12.7. The maximum atomic E-state index is 13.3. The molecule has 1 fully saturated rings. The van der Waals surface area contributed by atoms with Crippen LogP contribution in [0.4, 0.5) is 11.6 Å². The molecule has 1 aliphatic heterocycles. The van der Waals surface area contributed by atoms with Crippen molar-refractivity contribution in [3.8, 4) is 0 Å². The molecule has 0 atom stereocenters. The van der Waals surface area contributed by atoms with Gasteiger partial charge >= 0.3 is 5.69 Å². The fraction of sp³-hybridized carbons (Fsp3) is 0.357. The fourth-order valence-corrected chi connectivity index (χ4v) is 5.25. The number of aryl methyl sites for hydroxylation is 4. The van der Waals surface area contributed by atoms with Gasteiger partial charge < -0.3 is 15.1 Å². The number of thiocarbonyl (C=S) groups is 1. The lowest BCUT2D eigenvalue weighted by atomic mass is 10.1. The van der Waals surface area contributed by atoms with Crippen LogP contribution in [0.2, 0.25) is 0 Å². The first-order chi connectivity index (χ1) is 18.1. The first-order valence-corrected chi connectivity index (χ1v) is 13.1. The van der Waals surface area contributed by atoms with E-state index in [1.165, 1.54) is 22.7 Å². The maximum Gasteiger partial charge on any atom is 0.332 e. The Labute approximate surface area is 226 Å². The van der Waals surface area contributed by atoms with Gasteiger partial charge in [0, 0.05) is 46.0 Å². The lowest BCUT2D eigenvalue weighted by Crippen LogP contribution is -2.50. The normalized spacial score (nSPS) is 13.8. The van der Waals surface area contributed by atoms with E-state index in [9.17, 15) is 9.59 Å². The van der Waals surface area contributed by atoms with Crippen molar-refractivity contribution in [2.45, 2.75) is 27.3 Å². The third kappa shape index (κ3) is 4.71. The molecule has 0 aliphatic carbocycles. The van der Waals surface area contributed by atoms with Crippen LogP contribution in [0.15, 0.2) is 52.1 Å². The Morgan fingerprint density at radius 3 is 2.37 bits per heavy atom. The van der Waals surface area contributed by atoms with Crippen LogP contribution in [-0.4, -0.2) is 54.9 Å². The number of hydrogen-bond acceptors (Lipinski definition) is 5. The van der Waals surface area contributed by atoms with Crippen molar-refractivity contribution in [3.63, 3.8) is 0 Å². The quantitative estimate of drug-likeness (QED) is 0.406. The zero-order valence-electron chi connectivity index (χ0n) is 22.5. The molecule has 2 aromatic heterocycles. The number of hydrogen-bond donors (Lipinski definition) is 1. The molecule has 9 nitrogen and oxygen atoms in total. The smallest absolute Gasteiger partial charge is 0.332 e. The van der Waals surface area contributed by atoms with Crippen molar-refractivity contribution in [2.24, 2.45) is 14.1 Å². The van der Waals surface area contributed by atoms with Gasteiger partial charge in [-0.25, -0.2) is 4.79 Å². The van der Waals surface area contributed by atoms with Gasteiger partial charge in [0.05, 0.1) is 6.54 Å². The first kappa shape index (κ1) is 25.7. The fourth-order valence-electron chi connectivity index (χ4n) is 4.95. The zero-order chi connectivity index (χ0) is 27.1. The predicted octanol–water partition coefficient (Wildman–Crippen LogP) is 2.93. The molecule has 3 heterocycles. The number of nitrogens with zero attached hydrogens (tertiary/aromatic N) is 6. The van der Waals surface area contributed by atoms with Crippen LogP contribution in [0.3, 0.4) is 0 Å². The van der Waals surface area contributed by atoms with Gasteiger partial charge in [-0.1, -0.05) is 35.9 Å². The molecule has 0 unspecified atom stereocenters. The van der Waals surface area contributed by atoms with Gasteiger partial charge in [-0.05, 0) is 61.8 Å². The predicted molar refractivity (Wildman–Crippen MR) is 156 cm³/mol. The molecular weight excluding hydrogens is 498 g/mol. The van der Waals surface area contributed by atoms with Crippen molar-refractivity contribution >= 4 is 40.1 Å². The largest absolute Gasteiger partial charge is 0.345 e. The van der Waals surface area contributed by atoms with E-state index in [0.29, 0.717) is 54.9 Å². The lowest BCUT2D eigenvalue weighted by molar-refractivity contribution is 0.386. The van der Waals surface area contributed by atoms with Gasteiger partial charge in [0.25, 0.3) is 5.56 Å². The van der Waals surface area contributed by atoms with E-state index in [2.05, 4.69) is 47.2 Å². The second-order valence-electron chi connectivity index (χ2n) is 10.1. The summed E-state index contributed by atoms with van der Waals surface area (Å²) < 4.78 is 4.55. The average Bonchev–Trinajstić information content (AvgIpc) is 3.27. The van der Waals surface area contributed by atoms with Crippen LogP contribution in [0.1, 0.15) is 22.3 Å². The second-order valence-corrected chi connectivity index (χ2v) is 10.5. The highest BCUT2D eigenvalue weighted by atomic mass is 32.1. The van der Waals surface area contributed by atoms with Gasteiger partial charge in [-0.3, -0.25) is 18.5 Å². The minimum Gasteiger partial charge on any atom is -0.345 e. The summed E-state index contributed by atoms with van der Waals surface area (Å²) >= 11 is 5.72. The molecule has 0 saturated carbocycles.